The lowest BCUT2D eigenvalue weighted by molar-refractivity contribution is 0.0273. The zero-order valence-corrected chi connectivity index (χ0v) is 12.7. The first kappa shape index (κ1) is 15.4. The zero-order valence-electron chi connectivity index (χ0n) is 12.7. The Balaban J connectivity index is 2.22. The lowest BCUT2D eigenvalue weighted by atomic mass is 9.94. The molecule has 1 unspecified atom stereocenters. The largest absolute Gasteiger partial charge is 0.493 e. The van der Waals surface area contributed by atoms with Gasteiger partial charge in [0.25, 0.3) is 5.91 Å². The van der Waals surface area contributed by atoms with Crippen molar-refractivity contribution in [2.45, 2.75) is 25.3 Å². The number of nitrogens with one attached hydrogen (secondary N) is 1. The Morgan fingerprint density at radius 2 is 2.00 bits per heavy atom. The van der Waals surface area contributed by atoms with E-state index in [4.69, 9.17) is 19.9 Å². The number of carbonyl (C=O) groups is 1. The van der Waals surface area contributed by atoms with E-state index >= 15 is 0 Å². The fourth-order valence-electron chi connectivity index (χ4n) is 2.47. The molecule has 21 heavy (non-hydrogen) atoms. The number of hydrogen-bond donors (Lipinski definition) is 2. The number of nitrogens with two attached hydrogens (primary N) is 1. The number of methoxy groups -OCH3 is 2. The predicted octanol–water partition coefficient (Wildman–Crippen LogP) is 1.58. The predicted molar refractivity (Wildman–Crippen MR) is 79.9 cm³/mol. The molecule has 1 amide bonds. The second kappa shape index (κ2) is 6.22. The maximum atomic E-state index is 12.5. The van der Waals surface area contributed by atoms with Gasteiger partial charge in [-0.15, -0.1) is 0 Å². The second-order valence-corrected chi connectivity index (χ2v) is 5.47. The van der Waals surface area contributed by atoms with Crippen LogP contribution in [0, 0.1) is 0 Å². The Morgan fingerprint density at radius 3 is 2.57 bits per heavy atom. The lowest BCUT2D eigenvalue weighted by Crippen LogP contribution is -2.51. The van der Waals surface area contributed by atoms with Crippen LogP contribution in [-0.4, -0.2) is 38.9 Å². The van der Waals surface area contributed by atoms with Gasteiger partial charge in [0.15, 0.2) is 11.5 Å². The van der Waals surface area contributed by atoms with Crippen LogP contribution in [0.1, 0.15) is 30.1 Å². The normalized spacial score (nSPS) is 21.7. The first-order valence-corrected chi connectivity index (χ1v) is 6.91. The van der Waals surface area contributed by atoms with Gasteiger partial charge in [0, 0.05) is 18.4 Å². The van der Waals surface area contributed by atoms with Gasteiger partial charge in [0.2, 0.25) is 0 Å². The van der Waals surface area contributed by atoms with E-state index in [2.05, 4.69) is 5.32 Å². The van der Waals surface area contributed by atoms with Gasteiger partial charge in [0.1, 0.15) is 0 Å². The minimum atomic E-state index is -0.366. The maximum Gasteiger partial charge on any atom is 0.254 e. The van der Waals surface area contributed by atoms with Gasteiger partial charge in [-0.05, 0) is 25.8 Å². The van der Waals surface area contributed by atoms with Crippen molar-refractivity contribution in [1.82, 2.24) is 5.32 Å². The molecule has 1 saturated heterocycles. The highest BCUT2D eigenvalue weighted by atomic mass is 16.5. The van der Waals surface area contributed by atoms with Crippen molar-refractivity contribution < 1.29 is 19.0 Å². The highest BCUT2D eigenvalue weighted by molar-refractivity contribution is 6.00. The summed E-state index contributed by atoms with van der Waals surface area (Å²) in [7, 11) is 3.05. The molecule has 0 saturated carbocycles. The Labute approximate surface area is 124 Å². The minimum absolute atomic E-state index is 0.235. The summed E-state index contributed by atoms with van der Waals surface area (Å²) in [5.41, 5.74) is 6.30. The van der Waals surface area contributed by atoms with E-state index < -0.39 is 0 Å². The first-order chi connectivity index (χ1) is 9.99. The second-order valence-electron chi connectivity index (χ2n) is 5.47. The standard InChI is InChI=1S/C15H22N2O4/c1-15(5-4-6-21-9-15)17-14(18)10-7-12(19-2)13(20-3)8-11(10)16/h7-8H,4-6,9,16H2,1-3H3,(H,17,18). The molecule has 116 valence electrons. The van der Waals surface area contributed by atoms with Gasteiger partial charge in [-0.3, -0.25) is 4.79 Å². The van der Waals surface area contributed by atoms with Crippen molar-refractivity contribution in [3.05, 3.63) is 17.7 Å². The molecular formula is C15H22N2O4. The Hall–Kier alpha value is -1.95. The van der Waals surface area contributed by atoms with E-state index in [1.165, 1.54) is 14.2 Å². The summed E-state index contributed by atoms with van der Waals surface area (Å²) < 4.78 is 15.8. The van der Waals surface area contributed by atoms with Gasteiger partial charge >= 0.3 is 0 Å². The van der Waals surface area contributed by atoms with E-state index in [-0.39, 0.29) is 11.4 Å². The fourth-order valence-corrected chi connectivity index (χ4v) is 2.47. The third-order valence-electron chi connectivity index (χ3n) is 3.65. The molecule has 6 nitrogen and oxygen atoms in total. The quantitative estimate of drug-likeness (QED) is 0.824. The fraction of sp³-hybridized carbons (Fsp3) is 0.533. The summed E-state index contributed by atoms with van der Waals surface area (Å²) in [5.74, 6) is 0.738. The molecular weight excluding hydrogens is 272 g/mol. The van der Waals surface area contributed by atoms with Crippen LogP contribution in [0.3, 0.4) is 0 Å². The molecule has 0 bridgehead atoms. The minimum Gasteiger partial charge on any atom is -0.493 e. The van der Waals surface area contributed by atoms with Crippen molar-refractivity contribution >= 4 is 11.6 Å². The molecule has 1 heterocycles. The smallest absolute Gasteiger partial charge is 0.254 e. The van der Waals surface area contributed by atoms with E-state index in [9.17, 15) is 4.79 Å². The van der Waals surface area contributed by atoms with E-state index in [0.717, 1.165) is 19.4 Å². The molecule has 1 aliphatic heterocycles. The summed E-state index contributed by atoms with van der Waals surface area (Å²) in [4.78, 5) is 12.5. The number of nitrogen functional groups attached to an aromatic ring is 1. The lowest BCUT2D eigenvalue weighted by Gasteiger charge is -2.34. The maximum absolute atomic E-state index is 12.5. The molecule has 1 fully saturated rings. The summed E-state index contributed by atoms with van der Waals surface area (Å²) in [6, 6.07) is 3.18. The van der Waals surface area contributed by atoms with Gasteiger partial charge in [-0.25, -0.2) is 0 Å². The highest BCUT2D eigenvalue weighted by Gasteiger charge is 2.30. The van der Waals surface area contributed by atoms with E-state index in [1.54, 1.807) is 12.1 Å². The molecule has 1 aromatic carbocycles. The SMILES string of the molecule is COc1cc(N)c(C(=O)NC2(C)CCCOC2)cc1OC. The average molecular weight is 294 g/mol. The van der Waals surface area contributed by atoms with Gasteiger partial charge < -0.3 is 25.3 Å². The Kier molecular flexibility index (Phi) is 4.57. The molecule has 0 spiro atoms. The van der Waals surface area contributed by atoms with Crippen molar-refractivity contribution in [3.63, 3.8) is 0 Å². The van der Waals surface area contributed by atoms with Crippen molar-refractivity contribution in [2.75, 3.05) is 33.2 Å². The van der Waals surface area contributed by atoms with Gasteiger partial charge in [0.05, 0.1) is 31.9 Å². The number of benzene rings is 1. The van der Waals surface area contributed by atoms with Crippen LogP contribution in [0.25, 0.3) is 0 Å². The first-order valence-electron chi connectivity index (χ1n) is 6.91. The van der Waals surface area contributed by atoms with E-state index in [1.807, 2.05) is 6.92 Å². The Morgan fingerprint density at radius 1 is 1.33 bits per heavy atom. The number of hydrogen-bond acceptors (Lipinski definition) is 5. The van der Waals surface area contributed by atoms with Crippen LogP contribution in [0.15, 0.2) is 12.1 Å². The molecule has 3 N–H and O–H groups in total. The number of ether oxygens (including phenoxy) is 3. The van der Waals surface area contributed by atoms with Crippen LogP contribution in [-0.2, 0) is 4.74 Å². The van der Waals surface area contributed by atoms with Crippen LogP contribution < -0.4 is 20.5 Å². The highest BCUT2D eigenvalue weighted by Crippen LogP contribution is 2.32. The molecule has 6 heteroatoms. The Bertz CT molecular complexity index is 525. The van der Waals surface area contributed by atoms with Crippen LogP contribution in [0.2, 0.25) is 0 Å². The van der Waals surface area contributed by atoms with E-state index in [0.29, 0.717) is 29.4 Å². The number of amides is 1. The average Bonchev–Trinajstić information content (AvgIpc) is 2.46. The van der Waals surface area contributed by atoms with Gasteiger partial charge in [-0.1, -0.05) is 0 Å². The molecule has 0 aromatic heterocycles. The third kappa shape index (κ3) is 3.39. The summed E-state index contributed by atoms with van der Waals surface area (Å²) in [5, 5.41) is 3.00. The molecule has 1 aromatic rings. The molecule has 1 atom stereocenters. The number of carbonyl (C=O) groups excluding carboxylic acids is 1. The van der Waals surface area contributed by atoms with Crippen LogP contribution in [0.4, 0.5) is 5.69 Å². The van der Waals surface area contributed by atoms with Crippen LogP contribution in [0.5, 0.6) is 11.5 Å². The summed E-state index contributed by atoms with van der Waals surface area (Å²) in [6.45, 7) is 3.22. The topological polar surface area (TPSA) is 82.8 Å². The third-order valence-corrected chi connectivity index (χ3v) is 3.65. The molecule has 0 aliphatic carbocycles. The number of rotatable bonds is 4. The number of anilines is 1. The van der Waals surface area contributed by atoms with Crippen molar-refractivity contribution in [3.8, 4) is 11.5 Å². The van der Waals surface area contributed by atoms with Crippen molar-refractivity contribution in [2.24, 2.45) is 0 Å². The zero-order chi connectivity index (χ0) is 15.5. The van der Waals surface area contributed by atoms with Gasteiger partial charge in [-0.2, -0.15) is 0 Å². The monoisotopic (exact) mass is 294 g/mol. The molecule has 2 rings (SSSR count). The van der Waals surface area contributed by atoms with Crippen LogP contribution >= 0.6 is 0 Å². The molecule has 1 aliphatic rings. The van der Waals surface area contributed by atoms with Crippen molar-refractivity contribution in [1.29, 1.82) is 0 Å². The summed E-state index contributed by atoms with van der Waals surface area (Å²) in [6.07, 6.45) is 1.81. The summed E-state index contributed by atoms with van der Waals surface area (Å²) >= 11 is 0. The molecule has 0 radical (unpaired) electrons.